The van der Waals surface area contributed by atoms with Gasteiger partial charge in [0.25, 0.3) is 0 Å². The zero-order valence-electron chi connectivity index (χ0n) is 10.2. The Morgan fingerprint density at radius 3 is 2.48 bits per heavy atom. The van der Waals surface area contributed by atoms with Crippen molar-refractivity contribution in [3.63, 3.8) is 0 Å². The minimum atomic E-state index is -4.68. The number of carboxylic acids is 1. The Balaban J connectivity index is 2.76. The number of carboxylic acid groups (broad SMARTS) is 1. The molecule has 9 heteroatoms. The van der Waals surface area contributed by atoms with Crippen LogP contribution in [-0.4, -0.2) is 20.9 Å². The van der Waals surface area contributed by atoms with Gasteiger partial charge in [0.15, 0.2) is 5.69 Å². The monoisotopic (exact) mass is 296 g/mol. The number of nitrogen functional groups attached to an aromatic ring is 1. The van der Waals surface area contributed by atoms with Crippen molar-refractivity contribution in [2.45, 2.75) is 6.18 Å². The molecule has 108 valence electrons. The number of nitrogens with two attached hydrogens (primary N) is 1. The molecule has 0 saturated carbocycles. The molecular formula is C12H7F3N4O2. The number of aromatic nitrogens is 2. The van der Waals surface area contributed by atoms with E-state index in [9.17, 15) is 18.0 Å². The van der Waals surface area contributed by atoms with Crippen LogP contribution in [-0.2, 0) is 6.18 Å². The molecule has 2 aromatic rings. The maximum atomic E-state index is 13.0. The van der Waals surface area contributed by atoms with Crippen molar-refractivity contribution in [2.24, 2.45) is 0 Å². The van der Waals surface area contributed by atoms with E-state index in [0.29, 0.717) is 4.68 Å². The average Bonchev–Trinajstić information content (AvgIpc) is 2.74. The van der Waals surface area contributed by atoms with Gasteiger partial charge >= 0.3 is 12.1 Å². The van der Waals surface area contributed by atoms with Gasteiger partial charge in [0, 0.05) is 0 Å². The summed E-state index contributed by atoms with van der Waals surface area (Å²) in [5, 5.41) is 21.3. The van der Waals surface area contributed by atoms with Crippen LogP contribution in [0.15, 0.2) is 24.3 Å². The maximum absolute atomic E-state index is 13.0. The van der Waals surface area contributed by atoms with Gasteiger partial charge in [0.1, 0.15) is 17.5 Å². The fourth-order valence-electron chi connectivity index (χ4n) is 1.77. The number of carbonyl (C=O) groups is 1. The molecule has 0 unspecified atom stereocenters. The number of halogens is 3. The number of anilines is 1. The van der Waals surface area contributed by atoms with Gasteiger partial charge in [-0.1, -0.05) is 12.1 Å². The lowest BCUT2D eigenvalue weighted by atomic mass is 10.1. The van der Waals surface area contributed by atoms with Gasteiger partial charge in [-0.2, -0.15) is 23.5 Å². The summed E-state index contributed by atoms with van der Waals surface area (Å²) >= 11 is 0. The summed E-state index contributed by atoms with van der Waals surface area (Å²) in [6, 6.07) is 5.91. The van der Waals surface area contributed by atoms with Crippen LogP contribution in [0.4, 0.5) is 19.0 Å². The van der Waals surface area contributed by atoms with E-state index in [1.54, 1.807) is 0 Å². The lowest BCUT2D eigenvalue weighted by Crippen LogP contribution is -2.13. The summed E-state index contributed by atoms with van der Waals surface area (Å²) in [5.41, 5.74) is 2.86. The summed E-state index contributed by atoms with van der Waals surface area (Å²) in [6.07, 6.45) is -4.68. The van der Waals surface area contributed by atoms with Crippen molar-refractivity contribution in [1.82, 2.24) is 9.78 Å². The quantitative estimate of drug-likeness (QED) is 0.882. The van der Waals surface area contributed by atoms with Gasteiger partial charge < -0.3 is 10.8 Å². The normalized spacial score (nSPS) is 11.1. The number of aromatic carboxylic acids is 1. The Morgan fingerprint density at radius 2 is 2.00 bits per heavy atom. The second-order valence-electron chi connectivity index (χ2n) is 3.95. The van der Waals surface area contributed by atoms with Crippen molar-refractivity contribution < 1.29 is 23.1 Å². The molecule has 1 heterocycles. The first-order valence-electron chi connectivity index (χ1n) is 5.46. The number of hydrogen-bond donors (Lipinski definition) is 2. The largest absolute Gasteiger partial charge is 0.476 e. The fraction of sp³-hybridized carbons (Fsp3) is 0.0833. The number of benzene rings is 1. The molecule has 0 bridgehead atoms. The number of alkyl halides is 3. The Bertz CT molecular complexity index is 759. The molecule has 0 aliphatic heterocycles. The first-order chi connectivity index (χ1) is 9.77. The SMILES string of the molecule is N#Cc1c(C(=O)O)nn(-c2ccccc2C(F)(F)F)c1N. The van der Waals surface area contributed by atoms with E-state index in [-0.39, 0.29) is 0 Å². The van der Waals surface area contributed by atoms with Crippen molar-refractivity contribution in [1.29, 1.82) is 5.26 Å². The van der Waals surface area contributed by atoms with Gasteiger partial charge in [-0.05, 0) is 12.1 Å². The number of nitriles is 1. The van der Waals surface area contributed by atoms with Gasteiger partial charge in [0.2, 0.25) is 0 Å². The highest BCUT2D eigenvalue weighted by Crippen LogP contribution is 2.34. The van der Waals surface area contributed by atoms with Gasteiger partial charge in [-0.25, -0.2) is 9.48 Å². The topological polar surface area (TPSA) is 105 Å². The molecule has 0 fully saturated rings. The molecule has 2 rings (SSSR count). The van der Waals surface area contributed by atoms with E-state index < -0.39 is 40.5 Å². The summed E-state index contributed by atoms with van der Waals surface area (Å²) in [5.74, 6) is -2.02. The van der Waals surface area contributed by atoms with E-state index in [4.69, 9.17) is 16.1 Å². The van der Waals surface area contributed by atoms with Crippen LogP contribution >= 0.6 is 0 Å². The van der Waals surface area contributed by atoms with E-state index in [0.717, 1.165) is 12.1 Å². The molecule has 0 saturated heterocycles. The van der Waals surface area contributed by atoms with Gasteiger partial charge in [0.05, 0.1) is 11.3 Å². The second-order valence-corrected chi connectivity index (χ2v) is 3.95. The third-order valence-electron chi connectivity index (χ3n) is 2.67. The number of nitrogens with zero attached hydrogens (tertiary/aromatic N) is 3. The number of hydrogen-bond acceptors (Lipinski definition) is 4. The highest BCUT2D eigenvalue weighted by molar-refractivity contribution is 5.90. The molecule has 0 amide bonds. The van der Waals surface area contributed by atoms with Crippen molar-refractivity contribution in [2.75, 3.05) is 5.73 Å². The third kappa shape index (κ3) is 2.38. The van der Waals surface area contributed by atoms with Gasteiger partial charge in [-0.15, -0.1) is 0 Å². The van der Waals surface area contributed by atoms with E-state index in [1.165, 1.54) is 18.2 Å². The molecule has 0 atom stereocenters. The number of para-hydroxylation sites is 1. The van der Waals surface area contributed by atoms with Crippen LogP contribution in [0.1, 0.15) is 21.6 Å². The summed E-state index contributed by atoms with van der Waals surface area (Å²) in [6.45, 7) is 0. The van der Waals surface area contributed by atoms with Crippen LogP contribution in [0.2, 0.25) is 0 Å². The Morgan fingerprint density at radius 1 is 1.38 bits per heavy atom. The molecule has 0 aliphatic carbocycles. The van der Waals surface area contributed by atoms with Crippen molar-refractivity contribution in [3.05, 3.63) is 41.1 Å². The van der Waals surface area contributed by atoms with E-state index >= 15 is 0 Å². The second kappa shape index (κ2) is 4.82. The lowest BCUT2D eigenvalue weighted by Gasteiger charge is -2.13. The molecule has 0 aliphatic rings. The fourth-order valence-corrected chi connectivity index (χ4v) is 1.77. The van der Waals surface area contributed by atoms with Crippen molar-refractivity contribution in [3.8, 4) is 11.8 Å². The summed E-state index contributed by atoms with van der Waals surface area (Å²) < 4.78 is 39.5. The summed E-state index contributed by atoms with van der Waals surface area (Å²) in [7, 11) is 0. The van der Waals surface area contributed by atoms with Crippen LogP contribution < -0.4 is 5.73 Å². The molecule has 3 N–H and O–H groups in total. The summed E-state index contributed by atoms with van der Waals surface area (Å²) in [4.78, 5) is 11.0. The standard InChI is InChI=1S/C12H7F3N4O2/c13-12(14,15)7-3-1-2-4-8(7)19-10(17)6(5-16)9(18-19)11(20)21/h1-4H,17H2,(H,20,21). The molecular weight excluding hydrogens is 289 g/mol. The first kappa shape index (κ1) is 14.4. The number of rotatable bonds is 2. The van der Waals surface area contributed by atoms with Gasteiger partial charge in [-0.3, -0.25) is 0 Å². The van der Waals surface area contributed by atoms with Crippen LogP contribution in [0.3, 0.4) is 0 Å². The van der Waals surface area contributed by atoms with Crippen molar-refractivity contribution >= 4 is 11.8 Å². The molecule has 6 nitrogen and oxygen atoms in total. The highest BCUT2D eigenvalue weighted by atomic mass is 19.4. The first-order valence-corrected chi connectivity index (χ1v) is 5.46. The smallest absolute Gasteiger partial charge is 0.418 e. The Hall–Kier alpha value is -3.02. The molecule has 0 spiro atoms. The zero-order chi connectivity index (χ0) is 15.8. The molecule has 0 radical (unpaired) electrons. The van der Waals surface area contributed by atoms with Crippen LogP contribution in [0.5, 0.6) is 0 Å². The van der Waals surface area contributed by atoms with E-state index in [2.05, 4.69) is 5.10 Å². The minimum Gasteiger partial charge on any atom is -0.476 e. The molecule has 1 aromatic carbocycles. The van der Waals surface area contributed by atoms with Crippen LogP contribution in [0, 0.1) is 11.3 Å². The Kier molecular flexibility index (Phi) is 3.31. The minimum absolute atomic E-state index is 0.452. The third-order valence-corrected chi connectivity index (χ3v) is 2.67. The predicted molar refractivity (Wildman–Crippen MR) is 64.7 cm³/mol. The Labute approximate surface area is 115 Å². The lowest BCUT2D eigenvalue weighted by molar-refractivity contribution is -0.137. The molecule has 1 aromatic heterocycles. The molecule has 21 heavy (non-hydrogen) atoms. The highest BCUT2D eigenvalue weighted by Gasteiger charge is 2.35. The van der Waals surface area contributed by atoms with Crippen LogP contribution in [0.25, 0.3) is 5.69 Å². The predicted octanol–water partition coefficient (Wildman–Crippen LogP) is 2.04. The average molecular weight is 296 g/mol. The maximum Gasteiger partial charge on any atom is 0.418 e. The van der Waals surface area contributed by atoms with E-state index in [1.807, 2.05) is 0 Å². The zero-order valence-corrected chi connectivity index (χ0v) is 10.2.